The van der Waals surface area contributed by atoms with E-state index in [1.165, 1.54) is 5.01 Å². The molecule has 0 radical (unpaired) electrons. The molecule has 2 aliphatic rings. The Morgan fingerprint density at radius 2 is 1.94 bits per heavy atom. The number of imide groups is 1. The van der Waals surface area contributed by atoms with Crippen molar-refractivity contribution >= 4 is 56.1 Å². The number of thioether (sulfide) groups is 1. The summed E-state index contributed by atoms with van der Waals surface area (Å²) in [7, 11) is 3.94. The van der Waals surface area contributed by atoms with Crippen LogP contribution in [0.4, 0.5) is 10.5 Å². The van der Waals surface area contributed by atoms with Crippen LogP contribution in [-0.2, 0) is 9.59 Å². The lowest BCUT2D eigenvalue weighted by atomic mass is 9.98. The molecule has 7 nitrogen and oxygen atoms in total. The molecule has 2 aliphatic heterocycles. The molecule has 0 aliphatic carbocycles. The summed E-state index contributed by atoms with van der Waals surface area (Å²) in [6.45, 7) is -0.299. The Morgan fingerprint density at radius 3 is 2.55 bits per heavy atom. The smallest absolute Gasteiger partial charge is 0.289 e. The predicted octanol–water partition coefficient (Wildman–Crippen LogP) is 3.89. The monoisotopic (exact) mass is 500 g/mol. The molecule has 0 saturated carbocycles. The topological polar surface area (TPSA) is 73.3 Å². The van der Waals surface area contributed by atoms with Gasteiger partial charge in [-0.2, -0.15) is 5.10 Å². The average molecular weight is 501 g/mol. The molecule has 0 bridgehead atoms. The van der Waals surface area contributed by atoms with Crippen LogP contribution in [0.5, 0.6) is 0 Å². The lowest BCUT2D eigenvalue weighted by Gasteiger charge is -2.24. The molecule has 0 spiro atoms. The van der Waals surface area contributed by atoms with Gasteiger partial charge in [-0.25, -0.2) is 5.01 Å². The van der Waals surface area contributed by atoms with E-state index in [-0.39, 0.29) is 35.4 Å². The van der Waals surface area contributed by atoms with E-state index in [1.807, 2.05) is 67.5 Å². The highest BCUT2D eigenvalue weighted by Gasteiger charge is 2.37. The van der Waals surface area contributed by atoms with E-state index in [2.05, 4.69) is 21.0 Å². The number of hydrogen-bond acceptors (Lipinski definition) is 6. The number of carbonyl (C=O) groups is 3. The minimum atomic E-state index is -0.388. The van der Waals surface area contributed by atoms with Crippen molar-refractivity contribution in [3.63, 3.8) is 0 Å². The van der Waals surface area contributed by atoms with E-state index < -0.39 is 0 Å². The molecule has 9 heteroatoms. The molecule has 1 fully saturated rings. The standard InChI is InChI=1S/C22H21BrN4O3S/c1-25(2)17-8-6-14(7-9-17)19-11-18(15-4-3-5-16(23)10-15)24-27(19)20(28)12-26-21(29)13-31-22(26)30/h3-10,19H,11-13H2,1-2H3. The van der Waals surface area contributed by atoms with Gasteiger partial charge in [0.1, 0.15) is 6.54 Å². The van der Waals surface area contributed by atoms with Crippen molar-refractivity contribution in [3.8, 4) is 0 Å². The average Bonchev–Trinajstić information content (AvgIpc) is 3.33. The molecule has 0 aromatic heterocycles. The predicted molar refractivity (Wildman–Crippen MR) is 125 cm³/mol. The normalized spacial score (nSPS) is 18.5. The lowest BCUT2D eigenvalue weighted by Crippen LogP contribution is -2.40. The van der Waals surface area contributed by atoms with Crippen molar-refractivity contribution in [1.82, 2.24) is 9.91 Å². The van der Waals surface area contributed by atoms with Gasteiger partial charge in [0, 0.05) is 30.7 Å². The molecule has 1 saturated heterocycles. The van der Waals surface area contributed by atoms with Gasteiger partial charge in [0.25, 0.3) is 11.1 Å². The van der Waals surface area contributed by atoms with Crippen molar-refractivity contribution < 1.29 is 14.4 Å². The number of anilines is 1. The molecule has 1 atom stereocenters. The van der Waals surface area contributed by atoms with Crippen molar-refractivity contribution in [2.24, 2.45) is 5.10 Å². The van der Waals surface area contributed by atoms with Gasteiger partial charge in [0.15, 0.2) is 0 Å². The number of nitrogens with zero attached hydrogens (tertiary/aromatic N) is 4. The van der Waals surface area contributed by atoms with Gasteiger partial charge in [-0.1, -0.05) is 52.0 Å². The molecular formula is C22H21BrN4O3S. The Bertz CT molecular complexity index is 1050. The van der Waals surface area contributed by atoms with Gasteiger partial charge >= 0.3 is 0 Å². The zero-order valence-electron chi connectivity index (χ0n) is 17.1. The van der Waals surface area contributed by atoms with Gasteiger partial charge in [-0.3, -0.25) is 19.3 Å². The summed E-state index contributed by atoms with van der Waals surface area (Å²) in [5.74, 6) is -0.643. The first-order valence-corrected chi connectivity index (χ1v) is 11.5. The quantitative estimate of drug-likeness (QED) is 0.622. The lowest BCUT2D eigenvalue weighted by molar-refractivity contribution is -0.137. The van der Waals surface area contributed by atoms with Gasteiger partial charge < -0.3 is 4.90 Å². The molecule has 2 heterocycles. The molecule has 4 rings (SSSR count). The Balaban J connectivity index is 1.64. The van der Waals surface area contributed by atoms with Crippen molar-refractivity contribution in [3.05, 3.63) is 64.1 Å². The summed E-state index contributed by atoms with van der Waals surface area (Å²) in [4.78, 5) is 40.1. The highest BCUT2D eigenvalue weighted by molar-refractivity contribution is 9.10. The summed E-state index contributed by atoms with van der Waals surface area (Å²) in [5.41, 5.74) is 3.70. The SMILES string of the molecule is CN(C)c1ccc(C2CC(c3cccc(Br)c3)=NN2C(=O)CN2C(=O)CSC2=O)cc1. The number of rotatable bonds is 5. The van der Waals surface area contributed by atoms with Gasteiger partial charge in [-0.15, -0.1) is 0 Å². The fraction of sp³-hybridized carbons (Fsp3) is 0.273. The number of amides is 3. The van der Waals surface area contributed by atoms with Crippen LogP contribution < -0.4 is 4.90 Å². The van der Waals surface area contributed by atoms with Crippen molar-refractivity contribution in [1.29, 1.82) is 0 Å². The summed E-state index contributed by atoms with van der Waals surface area (Å²) >= 11 is 4.40. The third kappa shape index (κ3) is 4.52. The third-order valence-electron chi connectivity index (χ3n) is 5.25. The summed E-state index contributed by atoms with van der Waals surface area (Å²) in [5, 5.41) is 5.65. The van der Waals surface area contributed by atoms with Gasteiger partial charge in [0.2, 0.25) is 5.91 Å². The van der Waals surface area contributed by atoms with E-state index in [1.54, 1.807) is 0 Å². The maximum Gasteiger partial charge on any atom is 0.289 e. The van der Waals surface area contributed by atoms with E-state index >= 15 is 0 Å². The minimum Gasteiger partial charge on any atom is -0.378 e. The van der Waals surface area contributed by atoms with E-state index in [0.717, 1.165) is 43.7 Å². The maximum absolute atomic E-state index is 13.1. The van der Waals surface area contributed by atoms with Crippen LogP contribution in [0.25, 0.3) is 0 Å². The van der Waals surface area contributed by atoms with Gasteiger partial charge in [-0.05, 0) is 35.4 Å². The number of hydrogen-bond donors (Lipinski definition) is 0. The van der Waals surface area contributed by atoms with Crippen molar-refractivity contribution in [2.75, 3.05) is 31.3 Å². The second-order valence-corrected chi connectivity index (χ2v) is 9.38. The minimum absolute atomic E-state index is 0.0775. The fourth-order valence-electron chi connectivity index (χ4n) is 3.58. The first kappa shape index (κ1) is 21.6. The summed E-state index contributed by atoms with van der Waals surface area (Å²) in [6, 6.07) is 15.4. The Labute approximate surface area is 193 Å². The molecule has 3 amide bonds. The Hall–Kier alpha value is -2.65. The second-order valence-electron chi connectivity index (χ2n) is 7.54. The van der Waals surface area contributed by atoms with Crippen LogP contribution in [0.2, 0.25) is 0 Å². The largest absolute Gasteiger partial charge is 0.378 e. The first-order chi connectivity index (χ1) is 14.8. The van der Waals surface area contributed by atoms with Crippen LogP contribution in [0.3, 0.4) is 0 Å². The molecular weight excluding hydrogens is 480 g/mol. The van der Waals surface area contributed by atoms with Crippen LogP contribution >= 0.6 is 27.7 Å². The summed E-state index contributed by atoms with van der Waals surface area (Å²) in [6.07, 6.45) is 0.542. The summed E-state index contributed by atoms with van der Waals surface area (Å²) < 4.78 is 0.926. The second kappa shape index (κ2) is 8.84. The van der Waals surface area contributed by atoms with Crippen LogP contribution in [0, 0.1) is 0 Å². The van der Waals surface area contributed by atoms with E-state index in [0.29, 0.717) is 6.42 Å². The molecule has 2 aromatic carbocycles. The zero-order valence-corrected chi connectivity index (χ0v) is 19.5. The number of hydrazone groups is 1. The first-order valence-electron chi connectivity index (χ1n) is 9.73. The van der Waals surface area contributed by atoms with E-state index in [4.69, 9.17) is 0 Å². The fourth-order valence-corrected chi connectivity index (χ4v) is 4.70. The number of carbonyl (C=O) groups excluding carboxylic acids is 3. The van der Waals surface area contributed by atoms with Crippen LogP contribution in [-0.4, -0.2) is 59.1 Å². The Kier molecular flexibility index (Phi) is 6.15. The highest BCUT2D eigenvalue weighted by atomic mass is 79.9. The molecule has 1 unspecified atom stereocenters. The van der Waals surface area contributed by atoms with Gasteiger partial charge in [0.05, 0.1) is 17.5 Å². The van der Waals surface area contributed by atoms with Crippen molar-refractivity contribution in [2.45, 2.75) is 12.5 Å². The third-order valence-corrected chi connectivity index (χ3v) is 6.60. The highest BCUT2D eigenvalue weighted by Crippen LogP contribution is 2.34. The molecule has 2 aromatic rings. The maximum atomic E-state index is 13.1. The molecule has 0 N–H and O–H groups in total. The van der Waals surface area contributed by atoms with Crippen LogP contribution in [0.1, 0.15) is 23.6 Å². The van der Waals surface area contributed by atoms with Crippen LogP contribution in [0.15, 0.2) is 58.1 Å². The molecule has 160 valence electrons. The zero-order chi connectivity index (χ0) is 22.1. The van der Waals surface area contributed by atoms with E-state index in [9.17, 15) is 14.4 Å². The number of halogens is 1. The number of benzene rings is 2. The molecule has 31 heavy (non-hydrogen) atoms. The Morgan fingerprint density at radius 1 is 1.19 bits per heavy atom.